The lowest BCUT2D eigenvalue weighted by atomic mass is 9.88. The van der Waals surface area contributed by atoms with Gasteiger partial charge in [0.15, 0.2) is 0 Å². The van der Waals surface area contributed by atoms with Gasteiger partial charge in [-0.3, -0.25) is 19.4 Å². The number of rotatable bonds is 5. The van der Waals surface area contributed by atoms with E-state index in [1.54, 1.807) is 42.6 Å². The Kier molecular flexibility index (Phi) is 7.14. The molecule has 2 aromatic rings. The first-order valence-electron chi connectivity index (χ1n) is 11.5. The molecule has 2 fully saturated rings. The number of benzene rings is 1. The fourth-order valence-electron chi connectivity index (χ4n) is 4.52. The molecule has 32 heavy (non-hydrogen) atoms. The number of piperidine rings is 1. The SMILES string of the molecule is O=C(Nc1cccc(C(=O)N2CCC(NC(=O)C3CCCCC3)CC2)c1)c1cccnc1. The Morgan fingerprint density at radius 2 is 1.66 bits per heavy atom. The predicted molar refractivity (Wildman–Crippen MR) is 122 cm³/mol. The van der Waals surface area contributed by atoms with Crippen molar-refractivity contribution in [2.24, 2.45) is 5.92 Å². The average molecular weight is 435 g/mol. The molecular formula is C25H30N4O3. The van der Waals surface area contributed by atoms with Gasteiger partial charge in [-0.1, -0.05) is 25.3 Å². The van der Waals surface area contributed by atoms with Crippen LogP contribution < -0.4 is 10.6 Å². The van der Waals surface area contributed by atoms with Crippen molar-refractivity contribution in [2.75, 3.05) is 18.4 Å². The number of nitrogens with zero attached hydrogens (tertiary/aromatic N) is 2. The third kappa shape index (κ3) is 5.52. The first-order valence-corrected chi connectivity index (χ1v) is 11.5. The van der Waals surface area contributed by atoms with Gasteiger partial charge in [0.1, 0.15) is 0 Å². The Balaban J connectivity index is 1.30. The largest absolute Gasteiger partial charge is 0.353 e. The minimum Gasteiger partial charge on any atom is -0.353 e. The zero-order chi connectivity index (χ0) is 22.3. The number of amides is 3. The number of anilines is 1. The summed E-state index contributed by atoms with van der Waals surface area (Å²) in [6.07, 6.45) is 10.2. The quantitative estimate of drug-likeness (QED) is 0.752. The van der Waals surface area contributed by atoms with E-state index in [4.69, 9.17) is 0 Å². The van der Waals surface area contributed by atoms with Gasteiger partial charge in [-0.05, 0) is 56.0 Å². The van der Waals surface area contributed by atoms with Crippen LogP contribution in [0.1, 0.15) is 65.7 Å². The molecule has 0 radical (unpaired) electrons. The highest BCUT2D eigenvalue weighted by molar-refractivity contribution is 6.05. The van der Waals surface area contributed by atoms with Crippen molar-refractivity contribution in [1.29, 1.82) is 0 Å². The number of aromatic nitrogens is 1. The number of carbonyl (C=O) groups is 3. The van der Waals surface area contributed by atoms with Crippen LogP contribution in [0.2, 0.25) is 0 Å². The highest BCUT2D eigenvalue weighted by Gasteiger charge is 2.27. The molecular weight excluding hydrogens is 404 g/mol. The molecule has 7 nitrogen and oxygen atoms in total. The van der Waals surface area contributed by atoms with E-state index < -0.39 is 0 Å². The van der Waals surface area contributed by atoms with E-state index in [1.807, 2.05) is 4.90 Å². The molecule has 3 amide bonds. The van der Waals surface area contributed by atoms with Gasteiger partial charge in [0.2, 0.25) is 5.91 Å². The summed E-state index contributed by atoms with van der Waals surface area (Å²) >= 11 is 0. The molecule has 2 N–H and O–H groups in total. The second kappa shape index (κ2) is 10.4. The summed E-state index contributed by atoms with van der Waals surface area (Å²) in [4.78, 5) is 43.6. The van der Waals surface area contributed by atoms with Crippen molar-refractivity contribution < 1.29 is 14.4 Å². The lowest BCUT2D eigenvalue weighted by molar-refractivity contribution is -0.126. The second-order valence-electron chi connectivity index (χ2n) is 8.69. The van der Waals surface area contributed by atoms with E-state index in [0.29, 0.717) is 29.9 Å². The molecule has 2 aliphatic rings. The minimum absolute atomic E-state index is 0.0560. The first kappa shape index (κ1) is 22.0. The van der Waals surface area contributed by atoms with Crippen LogP contribution in [0.25, 0.3) is 0 Å². The number of hydrogen-bond acceptors (Lipinski definition) is 4. The Morgan fingerprint density at radius 1 is 0.906 bits per heavy atom. The smallest absolute Gasteiger partial charge is 0.257 e. The third-order valence-electron chi connectivity index (χ3n) is 6.40. The van der Waals surface area contributed by atoms with Crippen LogP contribution in [-0.2, 0) is 4.79 Å². The molecule has 0 spiro atoms. The van der Waals surface area contributed by atoms with E-state index >= 15 is 0 Å². The van der Waals surface area contributed by atoms with Gasteiger partial charge in [0, 0.05) is 48.7 Å². The normalized spacial score (nSPS) is 17.6. The van der Waals surface area contributed by atoms with Crippen LogP contribution >= 0.6 is 0 Å². The van der Waals surface area contributed by atoms with Crippen LogP contribution in [0.15, 0.2) is 48.8 Å². The molecule has 7 heteroatoms. The van der Waals surface area contributed by atoms with Crippen molar-refractivity contribution in [2.45, 2.75) is 51.0 Å². The highest BCUT2D eigenvalue weighted by Crippen LogP contribution is 2.24. The molecule has 1 saturated carbocycles. The molecule has 1 saturated heterocycles. The fraction of sp³-hybridized carbons (Fsp3) is 0.440. The van der Waals surface area contributed by atoms with Gasteiger partial charge in [-0.25, -0.2) is 0 Å². The molecule has 0 unspecified atom stereocenters. The van der Waals surface area contributed by atoms with Gasteiger partial charge in [0.05, 0.1) is 5.56 Å². The van der Waals surface area contributed by atoms with E-state index in [2.05, 4.69) is 15.6 Å². The van der Waals surface area contributed by atoms with Crippen LogP contribution in [-0.4, -0.2) is 46.7 Å². The maximum Gasteiger partial charge on any atom is 0.257 e. The second-order valence-corrected chi connectivity index (χ2v) is 8.69. The first-order chi connectivity index (χ1) is 15.6. The number of hydrogen-bond donors (Lipinski definition) is 2. The molecule has 1 aromatic heterocycles. The van der Waals surface area contributed by atoms with Gasteiger partial charge < -0.3 is 15.5 Å². The van der Waals surface area contributed by atoms with Crippen LogP contribution in [0.3, 0.4) is 0 Å². The summed E-state index contributed by atoms with van der Waals surface area (Å²) in [6.45, 7) is 1.22. The summed E-state index contributed by atoms with van der Waals surface area (Å²) < 4.78 is 0. The van der Waals surface area contributed by atoms with Crippen molar-refractivity contribution in [3.8, 4) is 0 Å². The number of carbonyl (C=O) groups excluding carboxylic acids is 3. The Bertz CT molecular complexity index is 949. The average Bonchev–Trinajstić information content (AvgIpc) is 2.85. The molecule has 0 bridgehead atoms. The molecule has 1 aliphatic heterocycles. The summed E-state index contributed by atoms with van der Waals surface area (Å²) in [5.41, 5.74) is 1.57. The van der Waals surface area contributed by atoms with E-state index in [-0.39, 0.29) is 29.7 Å². The zero-order valence-corrected chi connectivity index (χ0v) is 18.3. The Morgan fingerprint density at radius 3 is 2.38 bits per heavy atom. The van der Waals surface area contributed by atoms with Crippen LogP contribution in [0.5, 0.6) is 0 Å². The van der Waals surface area contributed by atoms with E-state index in [9.17, 15) is 14.4 Å². The predicted octanol–water partition coefficient (Wildman–Crippen LogP) is 3.64. The molecule has 4 rings (SSSR count). The molecule has 2 heterocycles. The summed E-state index contributed by atoms with van der Waals surface area (Å²) in [6, 6.07) is 10.5. The Labute approximate surface area is 188 Å². The Hall–Kier alpha value is -3.22. The summed E-state index contributed by atoms with van der Waals surface area (Å²) in [7, 11) is 0. The summed E-state index contributed by atoms with van der Waals surface area (Å²) in [5.74, 6) is 0.0244. The van der Waals surface area contributed by atoms with Gasteiger partial charge in [0.25, 0.3) is 11.8 Å². The minimum atomic E-state index is -0.266. The van der Waals surface area contributed by atoms with Gasteiger partial charge in [-0.2, -0.15) is 0 Å². The molecule has 168 valence electrons. The maximum absolute atomic E-state index is 13.0. The van der Waals surface area contributed by atoms with Crippen LogP contribution in [0.4, 0.5) is 5.69 Å². The third-order valence-corrected chi connectivity index (χ3v) is 6.40. The van der Waals surface area contributed by atoms with Crippen molar-refractivity contribution in [3.63, 3.8) is 0 Å². The number of pyridine rings is 1. The molecule has 1 aromatic carbocycles. The van der Waals surface area contributed by atoms with Gasteiger partial charge >= 0.3 is 0 Å². The fourth-order valence-corrected chi connectivity index (χ4v) is 4.52. The highest BCUT2D eigenvalue weighted by atomic mass is 16.2. The lowest BCUT2D eigenvalue weighted by Crippen LogP contribution is -2.48. The molecule has 1 aliphatic carbocycles. The van der Waals surface area contributed by atoms with Gasteiger partial charge in [-0.15, -0.1) is 0 Å². The lowest BCUT2D eigenvalue weighted by Gasteiger charge is -2.33. The topological polar surface area (TPSA) is 91.4 Å². The molecule has 0 atom stereocenters. The zero-order valence-electron chi connectivity index (χ0n) is 18.3. The van der Waals surface area contributed by atoms with E-state index in [0.717, 1.165) is 38.5 Å². The monoisotopic (exact) mass is 434 g/mol. The number of nitrogens with one attached hydrogen (secondary N) is 2. The number of likely N-dealkylation sites (tertiary alicyclic amines) is 1. The van der Waals surface area contributed by atoms with E-state index in [1.165, 1.54) is 12.6 Å². The van der Waals surface area contributed by atoms with Crippen molar-refractivity contribution in [3.05, 3.63) is 59.9 Å². The standard InChI is InChI=1S/C25H30N4O3/c30-23(18-6-2-1-3-7-18)27-21-11-14-29(15-12-21)25(32)19-8-4-10-22(16-19)28-24(31)20-9-5-13-26-17-20/h4-5,8-10,13,16-18,21H,1-3,6-7,11-12,14-15H2,(H,27,30)(H,28,31). The van der Waals surface area contributed by atoms with Crippen molar-refractivity contribution >= 4 is 23.4 Å². The maximum atomic E-state index is 13.0. The van der Waals surface area contributed by atoms with Crippen LogP contribution in [0, 0.1) is 5.92 Å². The summed E-state index contributed by atoms with van der Waals surface area (Å²) in [5, 5.41) is 6.02. The van der Waals surface area contributed by atoms with Crippen molar-refractivity contribution in [1.82, 2.24) is 15.2 Å².